The lowest BCUT2D eigenvalue weighted by atomic mass is 10.2. The molecule has 0 aliphatic heterocycles. The normalized spacial score (nSPS) is 10.0. The Kier molecular flexibility index (Phi) is 4.31. The third-order valence-corrected chi connectivity index (χ3v) is 3.65. The first-order chi connectivity index (χ1) is 9.15. The van der Waals surface area contributed by atoms with Crippen LogP contribution in [-0.2, 0) is 0 Å². The Labute approximate surface area is 120 Å². The highest BCUT2D eigenvalue weighted by Crippen LogP contribution is 2.31. The summed E-state index contributed by atoms with van der Waals surface area (Å²) in [5.74, 6) is -0.395. The Hall–Kier alpha value is -1.70. The van der Waals surface area contributed by atoms with Crippen LogP contribution in [0.3, 0.4) is 0 Å². The van der Waals surface area contributed by atoms with Crippen LogP contribution < -0.4 is 5.32 Å². The van der Waals surface area contributed by atoms with Crippen LogP contribution in [0, 0.1) is 17.1 Å². The lowest BCUT2D eigenvalue weighted by molar-refractivity contribution is 0.628. The molecule has 2 aromatic rings. The Morgan fingerprint density at radius 2 is 2.05 bits per heavy atom. The van der Waals surface area contributed by atoms with Gasteiger partial charge in [-0.25, -0.2) is 4.39 Å². The molecule has 0 aliphatic carbocycles. The molecule has 96 valence electrons. The van der Waals surface area contributed by atoms with E-state index in [4.69, 9.17) is 11.6 Å². The smallest absolute Gasteiger partial charge is 0.124 e. The van der Waals surface area contributed by atoms with Gasteiger partial charge in [0, 0.05) is 4.90 Å². The summed E-state index contributed by atoms with van der Waals surface area (Å²) < 4.78 is 13.0. The predicted molar refractivity (Wildman–Crippen MR) is 77.6 cm³/mol. The maximum absolute atomic E-state index is 13.0. The second kappa shape index (κ2) is 5.96. The van der Waals surface area contributed by atoms with Crippen LogP contribution in [0.25, 0.3) is 0 Å². The molecule has 0 atom stereocenters. The Morgan fingerprint density at radius 1 is 1.26 bits per heavy atom. The molecule has 0 radical (unpaired) electrons. The summed E-state index contributed by atoms with van der Waals surface area (Å²) in [4.78, 5) is 0.880. The topological polar surface area (TPSA) is 35.8 Å². The molecule has 2 nitrogen and oxygen atoms in total. The van der Waals surface area contributed by atoms with E-state index in [0.29, 0.717) is 16.9 Å². The van der Waals surface area contributed by atoms with Crippen LogP contribution in [0.15, 0.2) is 41.3 Å². The van der Waals surface area contributed by atoms with Crippen LogP contribution in [0.1, 0.15) is 5.56 Å². The van der Waals surface area contributed by atoms with E-state index >= 15 is 0 Å². The van der Waals surface area contributed by atoms with Crippen molar-refractivity contribution in [3.8, 4) is 6.07 Å². The number of nitrogens with one attached hydrogen (secondary N) is 1. The van der Waals surface area contributed by atoms with Crippen LogP contribution in [0.4, 0.5) is 15.8 Å². The minimum absolute atomic E-state index is 0.276. The van der Waals surface area contributed by atoms with Gasteiger partial charge in [-0.1, -0.05) is 17.7 Å². The summed E-state index contributed by atoms with van der Waals surface area (Å²) in [7, 11) is 0. The van der Waals surface area contributed by atoms with E-state index in [-0.39, 0.29) is 5.02 Å². The van der Waals surface area contributed by atoms with Gasteiger partial charge in [0.15, 0.2) is 0 Å². The predicted octanol–water partition coefficient (Wildman–Crippen LogP) is 4.82. The van der Waals surface area contributed by atoms with Gasteiger partial charge in [0.1, 0.15) is 11.9 Å². The average Bonchev–Trinajstić information content (AvgIpc) is 2.41. The molecule has 0 fully saturated rings. The number of rotatable bonds is 3. The van der Waals surface area contributed by atoms with E-state index in [9.17, 15) is 9.65 Å². The highest BCUT2D eigenvalue weighted by molar-refractivity contribution is 7.98. The molecule has 0 amide bonds. The largest absolute Gasteiger partial charge is 0.353 e. The summed E-state index contributed by atoms with van der Waals surface area (Å²) in [6.07, 6.45) is 1.91. The molecule has 0 heterocycles. The van der Waals surface area contributed by atoms with Crippen molar-refractivity contribution in [1.82, 2.24) is 0 Å². The van der Waals surface area contributed by atoms with Crippen LogP contribution in [0.2, 0.25) is 5.02 Å². The Morgan fingerprint density at radius 3 is 2.68 bits per heavy atom. The summed E-state index contributed by atoms with van der Waals surface area (Å²) in [6, 6.07) is 11.8. The first kappa shape index (κ1) is 13.7. The molecule has 0 spiro atoms. The van der Waals surface area contributed by atoms with Gasteiger partial charge < -0.3 is 5.32 Å². The van der Waals surface area contributed by atoms with Gasteiger partial charge in [-0.15, -0.1) is 11.8 Å². The molecule has 0 saturated carbocycles. The molecule has 1 N–H and O–H groups in total. The fourth-order valence-electron chi connectivity index (χ4n) is 1.66. The molecule has 0 bridgehead atoms. The first-order valence-corrected chi connectivity index (χ1v) is 7.05. The van der Waals surface area contributed by atoms with Crippen molar-refractivity contribution in [2.45, 2.75) is 4.90 Å². The Balaban J connectivity index is 2.41. The second-order valence-electron chi connectivity index (χ2n) is 3.74. The summed E-state index contributed by atoms with van der Waals surface area (Å²) in [5, 5.41) is 12.6. The monoisotopic (exact) mass is 292 g/mol. The van der Waals surface area contributed by atoms with Crippen molar-refractivity contribution in [1.29, 1.82) is 5.26 Å². The van der Waals surface area contributed by atoms with Gasteiger partial charge >= 0.3 is 0 Å². The van der Waals surface area contributed by atoms with Gasteiger partial charge in [-0.2, -0.15) is 5.26 Å². The number of nitriles is 1. The molecule has 0 unspecified atom stereocenters. The fourth-order valence-corrected chi connectivity index (χ4v) is 2.45. The number of benzene rings is 2. The van der Waals surface area contributed by atoms with Crippen LogP contribution in [0.5, 0.6) is 0 Å². The highest BCUT2D eigenvalue weighted by atomic mass is 35.5. The maximum Gasteiger partial charge on any atom is 0.124 e. The van der Waals surface area contributed by atoms with Crippen LogP contribution >= 0.6 is 23.4 Å². The maximum atomic E-state index is 13.0. The molecule has 0 saturated heterocycles. The van der Waals surface area contributed by atoms with Crippen molar-refractivity contribution in [2.24, 2.45) is 0 Å². The standard InChI is InChI=1S/C14H10ClFN2S/c1-19-14-4-2-3-12(10(14)8-17)18-13-6-5-9(16)7-11(13)15/h2-7,18H,1H3. The zero-order valence-electron chi connectivity index (χ0n) is 10.1. The van der Waals surface area contributed by atoms with E-state index < -0.39 is 5.82 Å². The summed E-state index contributed by atoms with van der Waals surface area (Å²) in [5.41, 5.74) is 1.77. The molecule has 2 rings (SSSR count). The minimum atomic E-state index is -0.395. The van der Waals surface area contributed by atoms with E-state index in [1.165, 1.54) is 23.9 Å². The molecule has 19 heavy (non-hydrogen) atoms. The third kappa shape index (κ3) is 3.01. The number of hydrogen-bond donors (Lipinski definition) is 1. The Bertz CT molecular complexity index is 652. The molecular weight excluding hydrogens is 283 g/mol. The lowest BCUT2D eigenvalue weighted by Gasteiger charge is -2.11. The third-order valence-electron chi connectivity index (χ3n) is 2.56. The zero-order chi connectivity index (χ0) is 13.8. The van der Waals surface area contributed by atoms with Crippen molar-refractivity contribution in [3.05, 3.63) is 52.8 Å². The van der Waals surface area contributed by atoms with Gasteiger partial charge in [0.2, 0.25) is 0 Å². The molecule has 0 aromatic heterocycles. The van der Waals surface area contributed by atoms with E-state index in [1.54, 1.807) is 12.1 Å². The van der Waals surface area contributed by atoms with Crippen molar-refractivity contribution >= 4 is 34.7 Å². The van der Waals surface area contributed by atoms with Crippen molar-refractivity contribution < 1.29 is 4.39 Å². The van der Waals surface area contributed by atoms with Gasteiger partial charge in [0.25, 0.3) is 0 Å². The SMILES string of the molecule is CSc1cccc(Nc2ccc(F)cc2Cl)c1C#N. The van der Waals surface area contributed by atoms with Crippen molar-refractivity contribution in [2.75, 3.05) is 11.6 Å². The molecular formula is C14H10ClFN2S. The van der Waals surface area contributed by atoms with E-state index in [0.717, 1.165) is 4.90 Å². The highest BCUT2D eigenvalue weighted by Gasteiger charge is 2.09. The van der Waals surface area contributed by atoms with Gasteiger partial charge in [-0.05, 0) is 36.6 Å². The lowest BCUT2D eigenvalue weighted by Crippen LogP contribution is -1.96. The molecule has 5 heteroatoms. The summed E-state index contributed by atoms with van der Waals surface area (Å²) in [6.45, 7) is 0. The van der Waals surface area contributed by atoms with Gasteiger partial charge in [0.05, 0.1) is 22.0 Å². The van der Waals surface area contributed by atoms with Gasteiger partial charge in [-0.3, -0.25) is 0 Å². The quantitative estimate of drug-likeness (QED) is 0.824. The molecule has 2 aromatic carbocycles. The number of halogens is 2. The average molecular weight is 293 g/mol. The zero-order valence-corrected chi connectivity index (χ0v) is 11.6. The van der Waals surface area contributed by atoms with Crippen molar-refractivity contribution in [3.63, 3.8) is 0 Å². The van der Waals surface area contributed by atoms with E-state index in [1.807, 2.05) is 18.4 Å². The number of anilines is 2. The number of nitrogens with zero attached hydrogens (tertiary/aromatic N) is 1. The first-order valence-electron chi connectivity index (χ1n) is 5.45. The molecule has 0 aliphatic rings. The van der Waals surface area contributed by atoms with E-state index in [2.05, 4.69) is 11.4 Å². The number of hydrogen-bond acceptors (Lipinski definition) is 3. The second-order valence-corrected chi connectivity index (χ2v) is 5.00. The summed E-state index contributed by atoms with van der Waals surface area (Å²) >= 11 is 7.45. The minimum Gasteiger partial charge on any atom is -0.353 e. The fraction of sp³-hybridized carbons (Fsp3) is 0.0714. The van der Waals surface area contributed by atoms with Crippen LogP contribution in [-0.4, -0.2) is 6.26 Å². The number of thioether (sulfide) groups is 1.